The van der Waals surface area contributed by atoms with E-state index in [2.05, 4.69) is 6.07 Å². The van der Waals surface area contributed by atoms with Gasteiger partial charge in [0.1, 0.15) is 23.7 Å². The van der Waals surface area contributed by atoms with Crippen LogP contribution in [0.2, 0.25) is 0 Å². The van der Waals surface area contributed by atoms with Crippen LogP contribution in [-0.4, -0.2) is 48.4 Å². The average molecular weight is 374 g/mol. The highest BCUT2D eigenvalue weighted by Gasteiger charge is 2.51. The molecule has 1 aromatic carbocycles. The molecular formula is C21H30N2O4. The van der Waals surface area contributed by atoms with Gasteiger partial charge in [-0.1, -0.05) is 6.07 Å². The van der Waals surface area contributed by atoms with Crippen LogP contribution >= 0.6 is 0 Å². The van der Waals surface area contributed by atoms with Gasteiger partial charge in [0, 0.05) is 30.6 Å². The molecule has 2 N–H and O–H groups in total. The van der Waals surface area contributed by atoms with E-state index < -0.39 is 5.60 Å². The van der Waals surface area contributed by atoms with Crippen LogP contribution in [0.25, 0.3) is 0 Å². The van der Waals surface area contributed by atoms with E-state index in [0.717, 1.165) is 55.8 Å². The lowest BCUT2D eigenvalue weighted by atomic mass is 9.78. The van der Waals surface area contributed by atoms with Crippen molar-refractivity contribution in [3.8, 4) is 11.5 Å². The normalized spacial score (nSPS) is 26.1. The summed E-state index contributed by atoms with van der Waals surface area (Å²) in [7, 11) is 0. The molecule has 148 valence electrons. The second kappa shape index (κ2) is 6.59. The van der Waals surface area contributed by atoms with Gasteiger partial charge in [-0.3, -0.25) is 0 Å². The van der Waals surface area contributed by atoms with Crippen LogP contribution in [0, 0.1) is 5.41 Å². The van der Waals surface area contributed by atoms with E-state index in [4.69, 9.17) is 19.9 Å². The fourth-order valence-corrected chi connectivity index (χ4v) is 4.40. The lowest BCUT2D eigenvalue weighted by Crippen LogP contribution is -2.58. The Hall–Kier alpha value is -1.95. The summed E-state index contributed by atoms with van der Waals surface area (Å²) in [6.45, 7) is 7.80. The Morgan fingerprint density at radius 3 is 2.85 bits per heavy atom. The monoisotopic (exact) mass is 374 g/mol. The molecule has 2 fully saturated rings. The van der Waals surface area contributed by atoms with Crippen molar-refractivity contribution in [3.05, 3.63) is 23.8 Å². The summed E-state index contributed by atoms with van der Waals surface area (Å²) >= 11 is 0. The zero-order valence-corrected chi connectivity index (χ0v) is 16.5. The van der Waals surface area contributed by atoms with E-state index in [0.29, 0.717) is 6.61 Å². The second-order valence-corrected chi connectivity index (χ2v) is 9.36. The molecule has 2 heterocycles. The molecule has 6 heteroatoms. The number of nitrogens with two attached hydrogens (primary N) is 1. The zero-order valence-electron chi connectivity index (χ0n) is 16.5. The first-order valence-corrected chi connectivity index (χ1v) is 9.87. The summed E-state index contributed by atoms with van der Waals surface area (Å²) in [6, 6.07) is 6.13. The number of carbonyl (C=O) groups is 1. The van der Waals surface area contributed by atoms with E-state index in [-0.39, 0.29) is 23.7 Å². The SMILES string of the molecule is CC(C)(C)OC(=O)N1CC2(CCC(Oc3ccc4c(c3)OCC(N)C4)C2)C1. The van der Waals surface area contributed by atoms with Crippen molar-refractivity contribution in [2.45, 2.75) is 64.2 Å². The number of hydrogen-bond donors (Lipinski definition) is 1. The first kappa shape index (κ1) is 18.4. The Morgan fingerprint density at radius 1 is 1.33 bits per heavy atom. The van der Waals surface area contributed by atoms with Crippen molar-refractivity contribution in [1.29, 1.82) is 0 Å². The maximum atomic E-state index is 12.2. The number of hydrogen-bond acceptors (Lipinski definition) is 5. The fourth-order valence-electron chi connectivity index (χ4n) is 4.40. The third kappa shape index (κ3) is 4.00. The molecule has 1 saturated carbocycles. The van der Waals surface area contributed by atoms with E-state index in [1.54, 1.807) is 0 Å². The van der Waals surface area contributed by atoms with Crippen molar-refractivity contribution in [3.63, 3.8) is 0 Å². The summed E-state index contributed by atoms with van der Waals surface area (Å²) in [5.41, 5.74) is 6.84. The number of amides is 1. The van der Waals surface area contributed by atoms with Gasteiger partial charge in [-0.05, 0) is 58.1 Å². The second-order valence-electron chi connectivity index (χ2n) is 9.36. The minimum atomic E-state index is -0.445. The van der Waals surface area contributed by atoms with Crippen molar-refractivity contribution >= 4 is 6.09 Å². The molecule has 4 rings (SSSR count). The number of nitrogens with zero attached hydrogens (tertiary/aromatic N) is 1. The molecule has 0 aromatic heterocycles. The molecule has 1 amide bonds. The molecule has 0 bridgehead atoms. The number of carbonyl (C=O) groups excluding carboxylic acids is 1. The summed E-state index contributed by atoms with van der Waals surface area (Å²) in [6.07, 6.45) is 3.92. The van der Waals surface area contributed by atoms with Crippen molar-refractivity contribution in [2.75, 3.05) is 19.7 Å². The minimum Gasteiger partial charge on any atom is -0.492 e. The van der Waals surface area contributed by atoms with Crippen LogP contribution in [0.15, 0.2) is 18.2 Å². The highest BCUT2D eigenvalue weighted by molar-refractivity contribution is 5.69. The van der Waals surface area contributed by atoms with E-state index in [1.807, 2.05) is 37.8 Å². The quantitative estimate of drug-likeness (QED) is 0.861. The van der Waals surface area contributed by atoms with Gasteiger partial charge >= 0.3 is 6.09 Å². The lowest BCUT2D eigenvalue weighted by Gasteiger charge is -2.48. The fraction of sp³-hybridized carbons (Fsp3) is 0.667. The van der Waals surface area contributed by atoms with Crippen molar-refractivity contribution in [1.82, 2.24) is 4.90 Å². The first-order chi connectivity index (χ1) is 12.7. The molecule has 1 aliphatic carbocycles. The maximum Gasteiger partial charge on any atom is 0.410 e. The molecule has 1 saturated heterocycles. The zero-order chi connectivity index (χ0) is 19.2. The standard InChI is InChI=1S/C21H30N2O4/c1-20(2,3)27-19(24)23-12-21(13-23)7-6-17(10-21)26-16-5-4-14-8-15(22)11-25-18(14)9-16/h4-5,9,15,17H,6-8,10-13,22H2,1-3H3. The van der Waals surface area contributed by atoms with E-state index in [9.17, 15) is 4.79 Å². The van der Waals surface area contributed by atoms with Gasteiger partial charge in [0.2, 0.25) is 0 Å². The van der Waals surface area contributed by atoms with Crippen LogP contribution in [-0.2, 0) is 11.2 Å². The third-order valence-corrected chi connectivity index (χ3v) is 5.64. The van der Waals surface area contributed by atoms with Gasteiger partial charge in [0.05, 0.1) is 6.10 Å². The molecule has 2 unspecified atom stereocenters. The Labute approximate surface area is 160 Å². The predicted molar refractivity (Wildman–Crippen MR) is 102 cm³/mol. The number of fused-ring (bicyclic) bond motifs is 1. The molecule has 3 aliphatic rings. The van der Waals surface area contributed by atoms with Gasteiger partial charge in [-0.25, -0.2) is 4.79 Å². The van der Waals surface area contributed by atoms with Gasteiger partial charge in [-0.2, -0.15) is 0 Å². The Balaban J connectivity index is 1.30. The van der Waals surface area contributed by atoms with E-state index in [1.165, 1.54) is 0 Å². The van der Waals surface area contributed by atoms with E-state index >= 15 is 0 Å². The van der Waals surface area contributed by atoms with Crippen LogP contribution in [0.1, 0.15) is 45.6 Å². The maximum absolute atomic E-state index is 12.2. The molecule has 6 nitrogen and oxygen atoms in total. The third-order valence-electron chi connectivity index (χ3n) is 5.64. The number of ether oxygens (including phenoxy) is 3. The predicted octanol–water partition coefficient (Wildman–Crippen LogP) is 3.12. The van der Waals surface area contributed by atoms with Gasteiger partial charge < -0.3 is 24.8 Å². The summed E-state index contributed by atoms with van der Waals surface area (Å²) < 4.78 is 17.4. The molecule has 1 aromatic rings. The average Bonchev–Trinajstić information content (AvgIpc) is 2.96. The molecule has 2 atom stereocenters. The van der Waals surface area contributed by atoms with Crippen LogP contribution in [0.5, 0.6) is 11.5 Å². The van der Waals surface area contributed by atoms with Gasteiger partial charge in [0.25, 0.3) is 0 Å². The van der Waals surface area contributed by atoms with Crippen molar-refractivity contribution in [2.24, 2.45) is 11.1 Å². The number of rotatable bonds is 2. The largest absolute Gasteiger partial charge is 0.492 e. The summed E-state index contributed by atoms with van der Waals surface area (Å²) in [4.78, 5) is 14.0. The highest BCUT2D eigenvalue weighted by Crippen LogP contribution is 2.47. The van der Waals surface area contributed by atoms with Gasteiger partial charge in [-0.15, -0.1) is 0 Å². The molecule has 2 aliphatic heterocycles. The Morgan fingerprint density at radius 2 is 2.11 bits per heavy atom. The number of benzene rings is 1. The van der Waals surface area contributed by atoms with Gasteiger partial charge in [0.15, 0.2) is 0 Å². The summed E-state index contributed by atoms with van der Waals surface area (Å²) in [5.74, 6) is 1.75. The minimum absolute atomic E-state index is 0.0745. The Bertz CT molecular complexity index is 721. The molecule has 1 spiro atoms. The molecule has 0 radical (unpaired) electrons. The summed E-state index contributed by atoms with van der Waals surface area (Å²) in [5, 5.41) is 0. The van der Waals surface area contributed by atoms with Crippen molar-refractivity contribution < 1.29 is 19.0 Å². The van der Waals surface area contributed by atoms with Crippen LogP contribution < -0.4 is 15.2 Å². The van der Waals surface area contributed by atoms with Crippen LogP contribution in [0.4, 0.5) is 4.79 Å². The smallest absolute Gasteiger partial charge is 0.410 e. The highest BCUT2D eigenvalue weighted by atomic mass is 16.6. The first-order valence-electron chi connectivity index (χ1n) is 9.87. The van der Waals surface area contributed by atoms with Crippen LogP contribution in [0.3, 0.4) is 0 Å². The molecular weight excluding hydrogens is 344 g/mol. The number of likely N-dealkylation sites (tertiary alicyclic amines) is 1. The topological polar surface area (TPSA) is 74.0 Å². The lowest BCUT2D eigenvalue weighted by molar-refractivity contribution is -0.0350. The Kier molecular flexibility index (Phi) is 4.49. The molecule has 27 heavy (non-hydrogen) atoms.